The highest BCUT2D eigenvalue weighted by atomic mass is 16.2. The molecule has 1 aliphatic carbocycles. The number of anilines is 1. The van der Waals surface area contributed by atoms with Gasteiger partial charge in [-0.25, -0.2) is 14.5 Å². The smallest absolute Gasteiger partial charge is 0.324 e. The molecule has 1 aliphatic rings. The molecule has 1 N–H and O–H groups in total. The van der Waals surface area contributed by atoms with Gasteiger partial charge in [-0.15, -0.1) is 5.10 Å². The summed E-state index contributed by atoms with van der Waals surface area (Å²) in [6.07, 6.45) is 7.59. The number of urea groups is 1. The highest BCUT2D eigenvalue weighted by Crippen LogP contribution is 2.28. The Bertz CT molecular complexity index is 565. The molecular weight excluding hydrogens is 308 g/mol. The summed E-state index contributed by atoms with van der Waals surface area (Å²) in [7, 11) is 5.17. The fraction of sp³-hybridized carbons (Fsp3) is 0.750. The van der Waals surface area contributed by atoms with E-state index in [0.29, 0.717) is 5.92 Å². The lowest BCUT2D eigenvalue weighted by atomic mass is 9.84. The molecule has 1 atom stereocenters. The zero-order valence-corrected chi connectivity index (χ0v) is 15.0. The molecule has 24 heavy (non-hydrogen) atoms. The summed E-state index contributed by atoms with van der Waals surface area (Å²) in [6.45, 7) is 2.20. The van der Waals surface area contributed by atoms with Crippen LogP contribution in [0.15, 0.2) is 6.33 Å². The average molecular weight is 336 g/mol. The normalized spacial score (nSPS) is 16.5. The second kappa shape index (κ2) is 8.12. The molecule has 1 fully saturated rings. The van der Waals surface area contributed by atoms with Gasteiger partial charge in [-0.1, -0.05) is 19.3 Å². The molecule has 0 saturated heterocycles. The molecule has 8 nitrogen and oxygen atoms in total. The van der Waals surface area contributed by atoms with E-state index >= 15 is 0 Å². The second-order valence-electron chi connectivity index (χ2n) is 6.73. The van der Waals surface area contributed by atoms with E-state index in [0.717, 1.165) is 0 Å². The minimum absolute atomic E-state index is 0.0826. The summed E-state index contributed by atoms with van der Waals surface area (Å²) in [4.78, 5) is 31.3. The van der Waals surface area contributed by atoms with E-state index in [2.05, 4.69) is 22.3 Å². The molecule has 1 aromatic heterocycles. The van der Waals surface area contributed by atoms with Crippen LogP contribution in [-0.2, 0) is 11.3 Å². The maximum absolute atomic E-state index is 12.4. The van der Waals surface area contributed by atoms with Crippen LogP contribution in [0.25, 0.3) is 0 Å². The van der Waals surface area contributed by atoms with E-state index in [4.69, 9.17) is 0 Å². The highest BCUT2D eigenvalue weighted by Gasteiger charge is 2.26. The van der Waals surface area contributed by atoms with E-state index in [1.807, 2.05) is 0 Å². The summed E-state index contributed by atoms with van der Waals surface area (Å²) >= 11 is 0. The van der Waals surface area contributed by atoms with Crippen molar-refractivity contribution in [2.24, 2.45) is 5.92 Å². The molecule has 0 aromatic carbocycles. The van der Waals surface area contributed by atoms with Gasteiger partial charge in [-0.2, -0.15) is 0 Å². The standard InChI is InChI=1S/C16H28N6O2/c1-12(13-8-6-5-7-9-13)21(4)16(24)18-15-17-11-22(19-15)10-14(23)20(2)3/h11-13H,5-10H2,1-4H3,(H,18,19,24)/t12-/m1/s1. The number of rotatable bonds is 5. The number of carbonyl (C=O) groups excluding carboxylic acids is 2. The Morgan fingerprint density at radius 3 is 2.58 bits per heavy atom. The molecule has 0 radical (unpaired) electrons. The van der Waals surface area contributed by atoms with Gasteiger partial charge in [0.15, 0.2) is 0 Å². The van der Waals surface area contributed by atoms with Crippen molar-refractivity contribution in [1.82, 2.24) is 24.6 Å². The first-order valence-corrected chi connectivity index (χ1v) is 8.52. The number of amides is 3. The van der Waals surface area contributed by atoms with Crippen molar-refractivity contribution in [2.75, 3.05) is 26.5 Å². The van der Waals surface area contributed by atoms with E-state index in [1.165, 1.54) is 48.0 Å². The van der Waals surface area contributed by atoms with Gasteiger partial charge in [-0.3, -0.25) is 10.1 Å². The van der Waals surface area contributed by atoms with Gasteiger partial charge in [0.1, 0.15) is 12.9 Å². The molecule has 0 aliphatic heterocycles. The number of carbonyl (C=O) groups is 2. The maximum atomic E-state index is 12.4. The predicted molar refractivity (Wildman–Crippen MR) is 91.5 cm³/mol. The van der Waals surface area contributed by atoms with Gasteiger partial charge in [-0.05, 0) is 25.7 Å². The van der Waals surface area contributed by atoms with E-state index in [9.17, 15) is 9.59 Å². The minimum Gasteiger partial charge on any atom is -0.347 e. The quantitative estimate of drug-likeness (QED) is 0.889. The Morgan fingerprint density at radius 1 is 1.29 bits per heavy atom. The molecule has 3 amide bonds. The Hall–Kier alpha value is -2.12. The fourth-order valence-electron chi connectivity index (χ4n) is 3.01. The van der Waals surface area contributed by atoms with Gasteiger partial charge in [0.25, 0.3) is 0 Å². The Labute approximate surface area is 143 Å². The van der Waals surface area contributed by atoms with Crippen LogP contribution >= 0.6 is 0 Å². The van der Waals surface area contributed by atoms with Crippen molar-refractivity contribution in [3.05, 3.63) is 6.33 Å². The Kier molecular flexibility index (Phi) is 6.16. The summed E-state index contributed by atoms with van der Waals surface area (Å²) in [5, 5.41) is 6.83. The molecule has 134 valence electrons. The zero-order chi connectivity index (χ0) is 17.7. The lowest BCUT2D eigenvalue weighted by Gasteiger charge is -2.34. The fourth-order valence-corrected chi connectivity index (χ4v) is 3.01. The monoisotopic (exact) mass is 336 g/mol. The summed E-state index contributed by atoms with van der Waals surface area (Å²) in [5.41, 5.74) is 0. The third kappa shape index (κ3) is 4.69. The van der Waals surface area contributed by atoms with E-state index in [1.54, 1.807) is 26.0 Å². The van der Waals surface area contributed by atoms with E-state index in [-0.39, 0.29) is 30.5 Å². The van der Waals surface area contributed by atoms with Gasteiger partial charge in [0.05, 0.1) is 0 Å². The maximum Gasteiger partial charge on any atom is 0.324 e. The van der Waals surface area contributed by atoms with Gasteiger partial charge in [0.2, 0.25) is 11.9 Å². The van der Waals surface area contributed by atoms with Gasteiger partial charge < -0.3 is 9.80 Å². The van der Waals surface area contributed by atoms with Crippen molar-refractivity contribution in [2.45, 2.75) is 51.6 Å². The minimum atomic E-state index is -0.218. The molecule has 1 heterocycles. The number of hydrogen-bond acceptors (Lipinski definition) is 4. The second-order valence-corrected chi connectivity index (χ2v) is 6.73. The molecular formula is C16H28N6O2. The van der Waals surface area contributed by atoms with Crippen LogP contribution in [0, 0.1) is 5.92 Å². The first kappa shape index (κ1) is 18.2. The summed E-state index contributed by atoms with van der Waals surface area (Å²) < 4.78 is 1.42. The molecule has 0 unspecified atom stereocenters. The van der Waals surface area contributed by atoms with Crippen LogP contribution in [0.2, 0.25) is 0 Å². The van der Waals surface area contributed by atoms with Gasteiger partial charge >= 0.3 is 6.03 Å². The van der Waals surface area contributed by atoms with Crippen LogP contribution in [0.1, 0.15) is 39.0 Å². The van der Waals surface area contributed by atoms with Crippen molar-refractivity contribution in [3.63, 3.8) is 0 Å². The SMILES string of the molecule is C[C@H](C1CCCCC1)N(C)C(=O)Nc1ncn(CC(=O)N(C)C)n1. The molecule has 1 saturated carbocycles. The van der Waals surface area contributed by atoms with Crippen LogP contribution in [0.4, 0.5) is 10.7 Å². The molecule has 8 heteroatoms. The Morgan fingerprint density at radius 2 is 1.96 bits per heavy atom. The highest BCUT2D eigenvalue weighted by molar-refractivity contribution is 5.87. The van der Waals surface area contributed by atoms with Gasteiger partial charge in [0, 0.05) is 27.2 Å². The average Bonchev–Trinajstić information content (AvgIpc) is 3.01. The van der Waals surface area contributed by atoms with Crippen molar-refractivity contribution >= 4 is 17.9 Å². The van der Waals surface area contributed by atoms with Crippen LogP contribution in [0.5, 0.6) is 0 Å². The Balaban J connectivity index is 1.89. The van der Waals surface area contributed by atoms with Crippen LogP contribution in [0.3, 0.4) is 0 Å². The van der Waals surface area contributed by atoms with Crippen LogP contribution in [-0.4, -0.2) is 63.7 Å². The lowest BCUT2D eigenvalue weighted by molar-refractivity contribution is -0.129. The third-order valence-electron chi connectivity index (χ3n) is 4.81. The first-order chi connectivity index (χ1) is 11.4. The number of aromatic nitrogens is 3. The predicted octanol–water partition coefficient (Wildman–Crippen LogP) is 1.80. The number of hydrogen-bond donors (Lipinski definition) is 1. The molecule has 0 spiro atoms. The lowest BCUT2D eigenvalue weighted by Crippen LogP contribution is -2.43. The molecule has 0 bridgehead atoms. The van der Waals surface area contributed by atoms with E-state index < -0.39 is 0 Å². The van der Waals surface area contributed by atoms with Crippen LogP contribution < -0.4 is 5.32 Å². The first-order valence-electron chi connectivity index (χ1n) is 8.52. The summed E-state index contributed by atoms with van der Waals surface area (Å²) in [6, 6.07) is -0.0348. The molecule has 2 rings (SSSR count). The van der Waals surface area contributed by atoms with Crippen molar-refractivity contribution in [1.29, 1.82) is 0 Å². The third-order valence-corrected chi connectivity index (χ3v) is 4.81. The zero-order valence-electron chi connectivity index (χ0n) is 15.0. The number of likely N-dealkylation sites (N-methyl/N-ethyl adjacent to an activating group) is 1. The number of nitrogens with one attached hydrogen (secondary N) is 1. The summed E-state index contributed by atoms with van der Waals surface area (Å²) in [5.74, 6) is 0.688. The topological polar surface area (TPSA) is 83.4 Å². The van der Waals surface area contributed by atoms with Crippen molar-refractivity contribution in [3.8, 4) is 0 Å². The number of nitrogens with zero attached hydrogens (tertiary/aromatic N) is 5. The largest absolute Gasteiger partial charge is 0.347 e. The van der Waals surface area contributed by atoms with Crippen molar-refractivity contribution < 1.29 is 9.59 Å². The molecule has 1 aromatic rings.